The number of hydrogen-bond donors (Lipinski definition) is 0. The van der Waals surface area contributed by atoms with Gasteiger partial charge in [-0.05, 0) is 63.5 Å². The molecule has 0 amide bonds. The van der Waals surface area contributed by atoms with Gasteiger partial charge in [-0.1, -0.05) is 36.4 Å². The monoisotopic (exact) mass is 347 g/mol. The SMILES string of the molecule is CC1(C)ON(c2ccccc2)[C@H]2C3=Cc4ccccc4O[C@@]3(C)CC[C@@H]21. The molecule has 3 atom stereocenters. The molecule has 0 aromatic heterocycles. The highest BCUT2D eigenvalue weighted by Crippen LogP contribution is 2.54. The van der Waals surface area contributed by atoms with E-state index in [0.29, 0.717) is 5.92 Å². The van der Waals surface area contributed by atoms with Gasteiger partial charge in [0.15, 0.2) is 0 Å². The van der Waals surface area contributed by atoms with Gasteiger partial charge >= 0.3 is 0 Å². The maximum atomic E-state index is 6.53. The van der Waals surface area contributed by atoms with Crippen molar-refractivity contribution in [1.29, 1.82) is 0 Å². The molecule has 2 fully saturated rings. The summed E-state index contributed by atoms with van der Waals surface area (Å²) in [4.78, 5) is 6.50. The average molecular weight is 347 g/mol. The minimum atomic E-state index is -0.271. The average Bonchev–Trinajstić information content (AvgIpc) is 2.91. The Hall–Kier alpha value is -2.26. The second-order valence-corrected chi connectivity index (χ2v) is 8.42. The van der Waals surface area contributed by atoms with Crippen LogP contribution in [0.3, 0.4) is 0 Å². The Morgan fingerprint density at radius 3 is 2.50 bits per heavy atom. The Bertz CT molecular complexity index is 873. The summed E-state index contributed by atoms with van der Waals surface area (Å²) in [6.45, 7) is 6.67. The first-order valence-corrected chi connectivity index (χ1v) is 9.51. The van der Waals surface area contributed by atoms with E-state index in [-0.39, 0.29) is 17.2 Å². The molecule has 26 heavy (non-hydrogen) atoms. The lowest BCUT2D eigenvalue weighted by Crippen LogP contribution is -2.52. The number of hydrogen-bond acceptors (Lipinski definition) is 3. The molecule has 2 aromatic carbocycles. The van der Waals surface area contributed by atoms with E-state index in [4.69, 9.17) is 9.57 Å². The van der Waals surface area contributed by atoms with Crippen LogP contribution >= 0.6 is 0 Å². The van der Waals surface area contributed by atoms with Crippen LogP contribution in [0.25, 0.3) is 6.08 Å². The Balaban J connectivity index is 1.66. The zero-order valence-corrected chi connectivity index (χ0v) is 15.6. The topological polar surface area (TPSA) is 21.7 Å². The fourth-order valence-corrected chi connectivity index (χ4v) is 4.90. The lowest BCUT2D eigenvalue weighted by molar-refractivity contribution is -0.0100. The van der Waals surface area contributed by atoms with Gasteiger partial charge in [-0.15, -0.1) is 0 Å². The number of para-hydroxylation sites is 2. The first-order valence-electron chi connectivity index (χ1n) is 9.51. The molecule has 0 unspecified atom stereocenters. The van der Waals surface area contributed by atoms with E-state index < -0.39 is 0 Å². The van der Waals surface area contributed by atoms with Gasteiger partial charge in [0.25, 0.3) is 0 Å². The lowest BCUT2D eigenvalue weighted by atomic mass is 9.67. The third-order valence-electron chi connectivity index (χ3n) is 6.30. The molecule has 0 radical (unpaired) electrons. The highest BCUT2D eigenvalue weighted by Gasteiger charge is 2.57. The summed E-state index contributed by atoms with van der Waals surface area (Å²) in [5.41, 5.74) is 3.14. The van der Waals surface area contributed by atoms with Crippen molar-refractivity contribution < 1.29 is 9.57 Å². The quantitative estimate of drug-likeness (QED) is 0.705. The minimum absolute atomic E-state index is 0.194. The third kappa shape index (κ3) is 2.23. The first-order chi connectivity index (χ1) is 12.5. The van der Waals surface area contributed by atoms with Gasteiger partial charge in [-0.3, -0.25) is 4.84 Å². The Labute approximate surface area is 155 Å². The Morgan fingerprint density at radius 2 is 1.69 bits per heavy atom. The van der Waals surface area contributed by atoms with Crippen LogP contribution in [0.15, 0.2) is 60.2 Å². The van der Waals surface area contributed by atoms with Crippen LogP contribution in [0, 0.1) is 5.92 Å². The normalized spacial score (nSPS) is 31.3. The number of benzene rings is 2. The van der Waals surface area contributed by atoms with Crippen molar-refractivity contribution >= 4 is 11.8 Å². The summed E-state index contributed by atoms with van der Waals surface area (Å²) in [6, 6.07) is 19.0. The van der Waals surface area contributed by atoms with Crippen molar-refractivity contribution in [1.82, 2.24) is 0 Å². The number of hydroxylamine groups is 1. The zero-order chi connectivity index (χ0) is 17.9. The lowest BCUT2D eigenvalue weighted by Gasteiger charge is -2.47. The molecule has 0 N–H and O–H groups in total. The largest absolute Gasteiger partial charge is 0.482 e. The third-order valence-corrected chi connectivity index (χ3v) is 6.30. The number of fused-ring (bicyclic) bond motifs is 4. The maximum absolute atomic E-state index is 6.53. The van der Waals surface area contributed by atoms with Crippen molar-refractivity contribution in [2.24, 2.45) is 5.92 Å². The van der Waals surface area contributed by atoms with Gasteiger partial charge in [0.1, 0.15) is 11.4 Å². The van der Waals surface area contributed by atoms with E-state index in [1.807, 2.05) is 12.1 Å². The molecule has 2 aliphatic heterocycles. The Morgan fingerprint density at radius 1 is 0.962 bits per heavy atom. The van der Waals surface area contributed by atoms with Crippen LogP contribution in [-0.2, 0) is 4.84 Å². The van der Waals surface area contributed by atoms with E-state index in [2.05, 4.69) is 74.4 Å². The van der Waals surface area contributed by atoms with Crippen molar-refractivity contribution in [3.63, 3.8) is 0 Å². The summed E-state index contributed by atoms with van der Waals surface area (Å²) in [5.74, 6) is 1.43. The molecule has 3 aliphatic rings. The molecule has 5 rings (SSSR count). The molecule has 1 saturated heterocycles. The molecule has 134 valence electrons. The molecular weight excluding hydrogens is 322 g/mol. The molecule has 3 heteroatoms. The molecule has 3 nitrogen and oxygen atoms in total. The standard InChI is InChI=1S/C23H25NO2/c1-22(2)18-13-14-23(3)19(15-16-9-7-8-12-20(16)25-23)21(18)24(26-22)17-10-5-4-6-11-17/h4-12,15,18,21H,13-14H2,1-3H3/t18-,21+,23-/m0/s1. The fraction of sp³-hybridized carbons (Fsp3) is 0.391. The molecule has 2 aromatic rings. The first kappa shape index (κ1) is 16.0. The molecule has 1 aliphatic carbocycles. The van der Waals surface area contributed by atoms with Crippen LogP contribution < -0.4 is 9.80 Å². The highest BCUT2D eigenvalue weighted by molar-refractivity contribution is 5.68. The summed E-state index contributed by atoms with van der Waals surface area (Å²) < 4.78 is 6.53. The van der Waals surface area contributed by atoms with Gasteiger partial charge in [0, 0.05) is 11.5 Å². The van der Waals surface area contributed by atoms with Gasteiger partial charge in [-0.25, -0.2) is 5.06 Å². The molecule has 0 bridgehead atoms. The highest BCUT2D eigenvalue weighted by atomic mass is 16.7. The zero-order valence-electron chi connectivity index (χ0n) is 15.6. The van der Waals surface area contributed by atoms with E-state index in [1.54, 1.807) is 0 Å². The molecular formula is C23H25NO2. The van der Waals surface area contributed by atoms with Crippen LogP contribution in [0.5, 0.6) is 5.75 Å². The van der Waals surface area contributed by atoms with Crippen LogP contribution in [-0.4, -0.2) is 17.2 Å². The molecule has 1 saturated carbocycles. The van der Waals surface area contributed by atoms with E-state index in [9.17, 15) is 0 Å². The van der Waals surface area contributed by atoms with Gasteiger partial charge in [-0.2, -0.15) is 0 Å². The fourth-order valence-electron chi connectivity index (χ4n) is 4.90. The number of nitrogens with zero attached hydrogens (tertiary/aromatic N) is 1. The predicted molar refractivity (Wildman–Crippen MR) is 104 cm³/mol. The van der Waals surface area contributed by atoms with E-state index >= 15 is 0 Å². The maximum Gasteiger partial charge on any atom is 0.130 e. The second kappa shape index (κ2) is 5.37. The summed E-state index contributed by atoms with van der Waals surface area (Å²) >= 11 is 0. The summed E-state index contributed by atoms with van der Waals surface area (Å²) in [6.07, 6.45) is 4.46. The summed E-state index contributed by atoms with van der Waals surface area (Å²) in [5, 5.41) is 2.13. The van der Waals surface area contributed by atoms with Crippen LogP contribution in [0.4, 0.5) is 5.69 Å². The summed E-state index contributed by atoms with van der Waals surface area (Å²) in [7, 11) is 0. The minimum Gasteiger partial charge on any atom is -0.482 e. The van der Waals surface area contributed by atoms with Gasteiger partial charge in [0.2, 0.25) is 0 Å². The smallest absolute Gasteiger partial charge is 0.130 e. The number of anilines is 1. The van der Waals surface area contributed by atoms with Crippen molar-refractivity contribution in [3.05, 3.63) is 65.7 Å². The van der Waals surface area contributed by atoms with Crippen molar-refractivity contribution in [3.8, 4) is 5.75 Å². The van der Waals surface area contributed by atoms with Gasteiger partial charge in [0.05, 0.1) is 17.3 Å². The second-order valence-electron chi connectivity index (χ2n) is 8.42. The van der Waals surface area contributed by atoms with Crippen LogP contribution in [0.1, 0.15) is 39.2 Å². The van der Waals surface area contributed by atoms with Crippen molar-refractivity contribution in [2.45, 2.75) is 50.9 Å². The van der Waals surface area contributed by atoms with Gasteiger partial charge < -0.3 is 4.74 Å². The molecule has 0 spiro atoms. The number of ether oxygens (including phenoxy) is 1. The number of rotatable bonds is 1. The van der Waals surface area contributed by atoms with Crippen molar-refractivity contribution in [2.75, 3.05) is 5.06 Å². The van der Waals surface area contributed by atoms with E-state index in [0.717, 1.165) is 24.3 Å². The van der Waals surface area contributed by atoms with E-state index in [1.165, 1.54) is 11.1 Å². The Kier molecular flexibility index (Phi) is 3.29. The molecule has 2 heterocycles. The van der Waals surface area contributed by atoms with Crippen LogP contribution in [0.2, 0.25) is 0 Å². The predicted octanol–water partition coefficient (Wildman–Crippen LogP) is 5.23.